The molecule has 0 aliphatic heterocycles. The van der Waals surface area contributed by atoms with Crippen molar-refractivity contribution in [2.45, 2.75) is 51.4 Å². The van der Waals surface area contributed by atoms with E-state index in [2.05, 4.69) is 6.92 Å². The molecule has 4 heteroatoms. The molecule has 0 unspecified atom stereocenters. The van der Waals surface area contributed by atoms with E-state index in [4.69, 9.17) is 5.11 Å². The van der Waals surface area contributed by atoms with Crippen molar-refractivity contribution in [1.29, 1.82) is 0 Å². The average Bonchev–Trinajstić information content (AvgIpc) is 2.65. The number of benzene rings is 2. The van der Waals surface area contributed by atoms with Crippen LogP contribution in [0.5, 0.6) is 0 Å². The molecule has 0 radical (unpaired) electrons. The van der Waals surface area contributed by atoms with E-state index in [-0.39, 0.29) is 11.5 Å². The molecule has 0 aromatic heterocycles. The minimum Gasteiger partial charge on any atom is -0.478 e. The van der Waals surface area contributed by atoms with E-state index in [1.807, 2.05) is 12.1 Å². The van der Waals surface area contributed by atoms with Crippen LogP contribution >= 0.6 is 0 Å². The molecule has 0 fully saturated rings. The monoisotopic (exact) mass is 354 g/mol. The summed E-state index contributed by atoms with van der Waals surface area (Å²) in [7, 11) is 0. The predicted octanol–water partition coefficient (Wildman–Crippen LogP) is 5.58. The Labute approximate surface area is 154 Å². The molecule has 0 aliphatic carbocycles. The first kappa shape index (κ1) is 19.7. The Bertz CT molecular complexity index is 734. The van der Waals surface area contributed by atoms with Crippen LogP contribution in [-0.2, 0) is 0 Å². The second-order valence-corrected chi connectivity index (χ2v) is 6.58. The highest BCUT2D eigenvalue weighted by Gasteiger charge is 2.20. The van der Waals surface area contributed by atoms with E-state index in [1.165, 1.54) is 19.3 Å². The molecule has 2 aromatic carbocycles. The van der Waals surface area contributed by atoms with E-state index in [1.54, 1.807) is 36.4 Å². The van der Waals surface area contributed by atoms with Crippen LogP contribution < -0.4 is 0 Å². The van der Waals surface area contributed by atoms with Gasteiger partial charge in [0.25, 0.3) is 0 Å². The second-order valence-electron chi connectivity index (χ2n) is 6.58. The summed E-state index contributed by atoms with van der Waals surface area (Å²) >= 11 is 0. The summed E-state index contributed by atoms with van der Waals surface area (Å²) in [5, 5.41) is 18.6. The highest BCUT2D eigenvalue weighted by Crippen LogP contribution is 2.32. The average molecular weight is 354 g/mol. The molecule has 0 amide bonds. The fourth-order valence-electron chi connectivity index (χ4n) is 3.31. The molecule has 2 N–H and O–H groups in total. The van der Waals surface area contributed by atoms with Crippen LogP contribution in [0.2, 0.25) is 0 Å². The van der Waals surface area contributed by atoms with Crippen LogP contribution in [-0.4, -0.2) is 22.2 Å². The van der Waals surface area contributed by atoms with Gasteiger partial charge >= 0.3 is 11.9 Å². The molecular formula is C22H26O4. The first-order valence-electron chi connectivity index (χ1n) is 9.20. The Kier molecular flexibility index (Phi) is 7.39. The summed E-state index contributed by atoms with van der Waals surface area (Å²) in [5.74, 6) is -1.94. The number of unbranched alkanes of at least 4 members (excludes halogenated alkanes) is 4. The number of carboxylic acid groups (broad SMARTS) is 2. The topological polar surface area (TPSA) is 74.6 Å². The lowest BCUT2D eigenvalue weighted by atomic mass is 9.84. The van der Waals surface area contributed by atoms with Gasteiger partial charge in [-0.3, -0.25) is 0 Å². The first-order chi connectivity index (χ1) is 12.5. The molecular weight excluding hydrogens is 328 g/mol. The van der Waals surface area contributed by atoms with Crippen molar-refractivity contribution in [2.75, 3.05) is 0 Å². The number of aromatic carboxylic acids is 2. The SMILES string of the molecule is CCCCCCC[C@H](c1ccc(C(=O)O)cc1)c1ccccc1C(=O)O. The molecule has 4 nitrogen and oxygen atoms in total. The Morgan fingerprint density at radius 2 is 1.50 bits per heavy atom. The predicted molar refractivity (Wildman–Crippen MR) is 102 cm³/mol. The largest absolute Gasteiger partial charge is 0.478 e. The number of rotatable bonds is 10. The highest BCUT2D eigenvalue weighted by molar-refractivity contribution is 5.90. The summed E-state index contributed by atoms with van der Waals surface area (Å²) in [4.78, 5) is 22.7. The van der Waals surface area contributed by atoms with Crippen LogP contribution in [0.25, 0.3) is 0 Å². The molecule has 1 atom stereocenters. The summed E-state index contributed by atoms with van der Waals surface area (Å²) in [5.41, 5.74) is 2.30. The zero-order valence-electron chi connectivity index (χ0n) is 15.1. The quantitative estimate of drug-likeness (QED) is 0.547. The van der Waals surface area contributed by atoms with E-state index in [9.17, 15) is 14.7 Å². The van der Waals surface area contributed by atoms with Crippen molar-refractivity contribution < 1.29 is 19.8 Å². The van der Waals surface area contributed by atoms with Crippen molar-refractivity contribution in [3.63, 3.8) is 0 Å². The van der Waals surface area contributed by atoms with Gasteiger partial charge in [0.1, 0.15) is 0 Å². The maximum absolute atomic E-state index is 11.6. The van der Waals surface area contributed by atoms with Crippen LogP contribution in [0.4, 0.5) is 0 Å². The Morgan fingerprint density at radius 3 is 2.12 bits per heavy atom. The molecule has 0 aliphatic rings. The highest BCUT2D eigenvalue weighted by atomic mass is 16.4. The molecule has 2 rings (SSSR count). The molecule has 0 heterocycles. The maximum atomic E-state index is 11.6. The van der Waals surface area contributed by atoms with Gasteiger partial charge in [-0.05, 0) is 35.7 Å². The standard InChI is InChI=1S/C22H26O4/c1-2-3-4-5-6-9-18(16-12-14-17(15-13-16)21(23)24)19-10-7-8-11-20(19)22(25)26/h7-8,10-15,18H,2-6,9H2,1H3,(H,23,24)(H,25,26)/t18-/m1/s1. The molecule has 26 heavy (non-hydrogen) atoms. The molecule has 138 valence electrons. The molecule has 0 spiro atoms. The third-order valence-corrected chi connectivity index (χ3v) is 4.72. The Hall–Kier alpha value is -2.62. The van der Waals surface area contributed by atoms with Gasteiger partial charge in [0.15, 0.2) is 0 Å². The number of hydrogen-bond donors (Lipinski definition) is 2. The normalized spacial score (nSPS) is 11.9. The van der Waals surface area contributed by atoms with Gasteiger partial charge in [-0.1, -0.05) is 69.4 Å². The van der Waals surface area contributed by atoms with Crippen LogP contribution in [0.1, 0.15) is 83.2 Å². The number of carbonyl (C=O) groups is 2. The summed E-state index contributed by atoms with van der Waals surface area (Å²) in [6.45, 7) is 2.18. The fraction of sp³-hybridized carbons (Fsp3) is 0.364. The van der Waals surface area contributed by atoms with Gasteiger partial charge in [0.2, 0.25) is 0 Å². The Balaban J connectivity index is 2.30. The van der Waals surface area contributed by atoms with Crippen molar-refractivity contribution >= 4 is 11.9 Å². The third-order valence-electron chi connectivity index (χ3n) is 4.72. The minimum absolute atomic E-state index is 0.0493. The van der Waals surface area contributed by atoms with Gasteiger partial charge in [0.05, 0.1) is 11.1 Å². The molecule has 2 aromatic rings. The maximum Gasteiger partial charge on any atom is 0.335 e. The van der Waals surface area contributed by atoms with Crippen LogP contribution in [0.3, 0.4) is 0 Å². The summed E-state index contributed by atoms with van der Waals surface area (Å²) in [6, 6.07) is 13.9. The summed E-state index contributed by atoms with van der Waals surface area (Å²) < 4.78 is 0. The van der Waals surface area contributed by atoms with E-state index < -0.39 is 11.9 Å². The van der Waals surface area contributed by atoms with Crippen molar-refractivity contribution in [1.82, 2.24) is 0 Å². The van der Waals surface area contributed by atoms with Gasteiger partial charge in [-0.25, -0.2) is 9.59 Å². The number of hydrogen-bond acceptors (Lipinski definition) is 2. The Morgan fingerprint density at radius 1 is 0.846 bits per heavy atom. The third kappa shape index (κ3) is 5.19. The van der Waals surface area contributed by atoms with Gasteiger partial charge < -0.3 is 10.2 Å². The molecule has 0 bridgehead atoms. The zero-order chi connectivity index (χ0) is 18.9. The second kappa shape index (κ2) is 9.76. The fourth-order valence-corrected chi connectivity index (χ4v) is 3.31. The zero-order valence-corrected chi connectivity index (χ0v) is 15.1. The lowest BCUT2D eigenvalue weighted by Gasteiger charge is -2.20. The lowest BCUT2D eigenvalue weighted by molar-refractivity contribution is 0.0685. The van der Waals surface area contributed by atoms with Crippen molar-refractivity contribution in [3.05, 3.63) is 70.8 Å². The van der Waals surface area contributed by atoms with E-state index in [0.29, 0.717) is 5.56 Å². The van der Waals surface area contributed by atoms with Crippen molar-refractivity contribution in [2.24, 2.45) is 0 Å². The minimum atomic E-state index is -0.960. The van der Waals surface area contributed by atoms with E-state index in [0.717, 1.165) is 30.4 Å². The lowest BCUT2D eigenvalue weighted by Crippen LogP contribution is -2.09. The smallest absolute Gasteiger partial charge is 0.335 e. The van der Waals surface area contributed by atoms with E-state index >= 15 is 0 Å². The van der Waals surface area contributed by atoms with Gasteiger partial charge in [0, 0.05) is 5.92 Å². The number of carboxylic acids is 2. The van der Waals surface area contributed by atoms with Crippen LogP contribution in [0.15, 0.2) is 48.5 Å². The summed E-state index contributed by atoms with van der Waals surface area (Å²) in [6.07, 6.45) is 6.56. The van der Waals surface area contributed by atoms with Gasteiger partial charge in [-0.2, -0.15) is 0 Å². The van der Waals surface area contributed by atoms with Crippen LogP contribution in [0, 0.1) is 0 Å². The van der Waals surface area contributed by atoms with Crippen molar-refractivity contribution in [3.8, 4) is 0 Å². The molecule has 0 saturated carbocycles. The first-order valence-corrected chi connectivity index (χ1v) is 9.20. The molecule has 0 saturated heterocycles. The van der Waals surface area contributed by atoms with Gasteiger partial charge in [-0.15, -0.1) is 0 Å².